The van der Waals surface area contributed by atoms with E-state index in [-0.39, 0.29) is 11.1 Å². The molecule has 1 aromatic rings. The van der Waals surface area contributed by atoms with Crippen molar-refractivity contribution < 1.29 is 12.8 Å². The molecule has 98 valence electrons. The number of hydrogen-bond acceptors (Lipinski definition) is 4. The molecule has 0 aromatic carbocycles. The molecule has 0 saturated heterocycles. The highest BCUT2D eigenvalue weighted by Crippen LogP contribution is 2.19. The Kier molecular flexibility index (Phi) is 4.73. The third kappa shape index (κ3) is 3.31. The van der Waals surface area contributed by atoms with E-state index in [0.717, 1.165) is 6.54 Å². The molecule has 1 N–H and O–H groups in total. The number of nitrogens with zero attached hydrogens (tertiary/aromatic N) is 1. The standard InChI is InChI=1S/C11H20N2O3S/c1-5-12-8-10-6-7-11(16-10)17(14,15)13(4)9(2)3/h6-7,9,12H,5,8H2,1-4H3. The Balaban J connectivity index is 2.89. The molecule has 0 saturated carbocycles. The maximum Gasteiger partial charge on any atom is 0.276 e. The largest absolute Gasteiger partial charge is 0.447 e. The zero-order chi connectivity index (χ0) is 13.1. The van der Waals surface area contributed by atoms with E-state index < -0.39 is 10.0 Å². The Labute approximate surface area is 103 Å². The van der Waals surface area contributed by atoms with Gasteiger partial charge in [-0.05, 0) is 32.5 Å². The second kappa shape index (κ2) is 5.66. The van der Waals surface area contributed by atoms with Crippen LogP contribution in [0, 0.1) is 0 Å². The van der Waals surface area contributed by atoms with Crippen LogP contribution in [0.3, 0.4) is 0 Å². The number of nitrogens with one attached hydrogen (secondary N) is 1. The number of furan rings is 1. The Bertz CT molecular complexity index is 451. The van der Waals surface area contributed by atoms with Gasteiger partial charge in [-0.1, -0.05) is 6.92 Å². The van der Waals surface area contributed by atoms with Gasteiger partial charge < -0.3 is 9.73 Å². The lowest BCUT2D eigenvalue weighted by molar-refractivity contribution is 0.362. The molecule has 5 nitrogen and oxygen atoms in total. The summed E-state index contributed by atoms with van der Waals surface area (Å²) < 4.78 is 30.8. The first-order valence-corrected chi connectivity index (χ1v) is 7.11. The Hall–Kier alpha value is -0.850. The molecule has 0 spiro atoms. The van der Waals surface area contributed by atoms with Gasteiger partial charge in [0.15, 0.2) is 0 Å². The molecule has 0 radical (unpaired) electrons. The lowest BCUT2D eigenvalue weighted by atomic mass is 10.4. The van der Waals surface area contributed by atoms with Gasteiger partial charge >= 0.3 is 0 Å². The molecule has 1 aromatic heterocycles. The zero-order valence-corrected chi connectivity index (χ0v) is 11.5. The summed E-state index contributed by atoms with van der Waals surface area (Å²) in [7, 11) is -1.96. The van der Waals surface area contributed by atoms with Crippen molar-refractivity contribution in [2.24, 2.45) is 0 Å². The minimum atomic E-state index is -3.50. The van der Waals surface area contributed by atoms with Crippen LogP contribution in [0.5, 0.6) is 0 Å². The van der Waals surface area contributed by atoms with Crippen LogP contribution >= 0.6 is 0 Å². The summed E-state index contributed by atoms with van der Waals surface area (Å²) in [5.41, 5.74) is 0. The quantitative estimate of drug-likeness (QED) is 0.840. The minimum Gasteiger partial charge on any atom is -0.447 e. The van der Waals surface area contributed by atoms with Crippen molar-refractivity contribution in [3.63, 3.8) is 0 Å². The van der Waals surface area contributed by atoms with Crippen molar-refractivity contribution in [3.8, 4) is 0 Å². The molecule has 0 amide bonds. The van der Waals surface area contributed by atoms with Crippen molar-refractivity contribution in [1.29, 1.82) is 0 Å². The topological polar surface area (TPSA) is 62.6 Å². The van der Waals surface area contributed by atoms with Crippen molar-refractivity contribution in [2.45, 2.75) is 38.5 Å². The first-order chi connectivity index (χ1) is 7.89. The fourth-order valence-electron chi connectivity index (χ4n) is 1.26. The van der Waals surface area contributed by atoms with Crippen LogP contribution in [0.2, 0.25) is 0 Å². The summed E-state index contributed by atoms with van der Waals surface area (Å²) in [5.74, 6) is 0.627. The third-order valence-corrected chi connectivity index (χ3v) is 4.45. The van der Waals surface area contributed by atoms with Gasteiger partial charge in [0, 0.05) is 13.1 Å². The first-order valence-electron chi connectivity index (χ1n) is 5.67. The van der Waals surface area contributed by atoms with Crippen molar-refractivity contribution in [1.82, 2.24) is 9.62 Å². The molecule has 17 heavy (non-hydrogen) atoms. The van der Waals surface area contributed by atoms with Gasteiger partial charge in [-0.3, -0.25) is 0 Å². The van der Waals surface area contributed by atoms with Crippen molar-refractivity contribution in [2.75, 3.05) is 13.6 Å². The monoisotopic (exact) mass is 260 g/mol. The summed E-state index contributed by atoms with van der Waals surface area (Å²) in [4.78, 5) is 0. The van der Waals surface area contributed by atoms with Crippen LogP contribution in [0.4, 0.5) is 0 Å². The summed E-state index contributed by atoms with van der Waals surface area (Å²) >= 11 is 0. The van der Waals surface area contributed by atoms with Crippen molar-refractivity contribution in [3.05, 3.63) is 17.9 Å². The molecule has 0 aliphatic heterocycles. The molecule has 1 heterocycles. The van der Waals surface area contributed by atoms with Crippen molar-refractivity contribution >= 4 is 10.0 Å². The van der Waals surface area contributed by atoms with Gasteiger partial charge in [0.2, 0.25) is 5.09 Å². The smallest absolute Gasteiger partial charge is 0.276 e. The van der Waals surface area contributed by atoms with Gasteiger partial charge in [0.05, 0.1) is 6.54 Å². The van der Waals surface area contributed by atoms with E-state index >= 15 is 0 Å². The molecule has 0 unspecified atom stereocenters. The average Bonchev–Trinajstić information content (AvgIpc) is 2.74. The van der Waals surface area contributed by atoms with Crippen LogP contribution < -0.4 is 5.32 Å². The Morgan fingerprint density at radius 1 is 1.41 bits per heavy atom. The van der Waals surface area contributed by atoms with Crippen LogP contribution in [0.25, 0.3) is 0 Å². The number of rotatable bonds is 6. The van der Waals surface area contributed by atoms with E-state index in [2.05, 4.69) is 5.32 Å². The van der Waals surface area contributed by atoms with Crippen LogP contribution in [0.15, 0.2) is 21.6 Å². The molecule has 0 bridgehead atoms. The average molecular weight is 260 g/mol. The molecule has 0 aliphatic carbocycles. The maximum atomic E-state index is 12.1. The number of sulfonamides is 1. The number of hydrogen-bond donors (Lipinski definition) is 1. The van der Waals surface area contributed by atoms with E-state index in [1.807, 2.05) is 20.8 Å². The maximum absolute atomic E-state index is 12.1. The van der Waals surface area contributed by atoms with Gasteiger partial charge in [-0.2, -0.15) is 4.31 Å². The van der Waals surface area contributed by atoms with Gasteiger partial charge in [-0.15, -0.1) is 0 Å². The lowest BCUT2D eigenvalue weighted by Crippen LogP contribution is -2.32. The van der Waals surface area contributed by atoms with E-state index in [4.69, 9.17) is 4.42 Å². The highest BCUT2D eigenvalue weighted by Gasteiger charge is 2.26. The molecule has 0 aliphatic rings. The van der Waals surface area contributed by atoms with Gasteiger partial charge in [-0.25, -0.2) is 8.42 Å². The highest BCUT2D eigenvalue weighted by atomic mass is 32.2. The van der Waals surface area contributed by atoms with Gasteiger partial charge in [0.25, 0.3) is 10.0 Å². The second-order valence-electron chi connectivity index (χ2n) is 4.12. The van der Waals surface area contributed by atoms with E-state index in [1.165, 1.54) is 10.4 Å². The zero-order valence-electron chi connectivity index (χ0n) is 10.7. The predicted molar refractivity (Wildman–Crippen MR) is 66.2 cm³/mol. The molecular formula is C11H20N2O3S. The molecule has 0 fully saturated rings. The van der Waals surface area contributed by atoms with E-state index in [1.54, 1.807) is 13.1 Å². The first kappa shape index (κ1) is 14.2. The Morgan fingerprint density at radius 2 is 2.06 bits per heavy atom. The van der Waals surface area contributed by atoms with Crippen LogP contribution in [-0.4, -0.2) is 32.4 Å². The minimum absolute atomic E-state index is 0.00148. The summed E-state index contributed by atoms with van der Waals surface area (Å²) in [5, 5.41) is 3.08. The summed E-state index contributed by atoms with van der Waals surface area (Å²) in [6.45, 7) is 6.97. The molecule has 0 atom stereocenters. The van der Waals surface area contributed by atoms with E-state index in [0.29, 0.717) is 12.3 Å². The lowest BCUT2D eigenvalue weighted by Gasteiger charge is -2.19. The Morgan fingerprint density at radius 3 is 2.59 bits per heavy atom. The SMILES string of the molecule is CCNCc1ccc(S(=O)(=O)N(C)C(C)C)o1. The van der Waals surface area contributed by atoms with Crippen LogP contribution in [0.1, 0.15) is 26.5 Å². The highest BCUT2D eigenvalue weighted by molar-refractivity contribution is 7.89. The normalized spacial score (nSPS) is 12.6. The summed E-state index contributed by atoms with van der Waals surface area (Å²) in [6.07, 6.45) is 0. The molecular weight excluding hydrogens is 240 g/mol. The van der Waals surface area contributed by atoms with E-state index in [9.17, 15) is 8.42 Å². The van der Waals surface area contributed by atoms with Crippen LogP contribution in [-0.2, 0) is 16.6 Å². The second-order valence-corrected chi connectivity index (χ2v) is 6.04. The summed E-state index contributed by atoms with van der Waals surface area (Å²) in [6, 6.07) is 3.09. The van der Waals surface area contributed by atoms with Gasteiger partial charge in [0.1, 0.15) is 5.76 Å². The fourth-order valence-corrected chi connectivity index (χ4v) is 2.55. The third-order valence-electron chi connectivity index (χ3n) is 2.55. The molecule has 6 heteroatoms. The predicted octanol–water partition coefficient (Wildman–Crippen LogP) is 1.42. The fraction of sp³-hybridized carbons (Fsp3) is 0.636. The molecule has 1 rings (SSSR count).